The van der Waals surface area contributed by atoms with E-state index in [1.165, 1.54) is 28.1 Å². The first-order chi connectivity index (χ1) is 8.22. The van der Waals surface area contributed by atoms with E-state index in [0.717, 1.165) is 0 Å². The van der Waals surface area contributed by atoms with Crippen molar-refractivity contribution in [3.63, 3.8) is 0 Å². The molecule has 0 aliphatic carbocycles. The molecule has 101 valence electrons. The number of carbonyl (C=O) groups excluding carboxylic acids is 1. The van der Waals surface area contributed by atoms with Crippen LogP contribution in [0.25, 0.3) is 0 Å². The van der Waals surface area contributed by atoms with Crippen molar-refractivity contribution in [1.82, 2.24) is 0 Å². The quantitative estimate of drug-likeness (QED) is 0.241. The lowest BCUT2D eigenvalue weighted by atomic mass is 9.60. The Hall–Kier alpha value is -1.13. The second-order valence-electron chi connectivity index (χ2n) is 4.23. The molecular weight excluding hydrogens is 247 g/mol. The fourth-order valence-electron chi connectivity index (χ4n) is 1.23. The van der Waals surface area contributed by atoms with Gasteiger partial charge in [-0.25, -0.2) is 25.1 Å². The lowest BCUT2D eigenvalue weighted by molar-refractivity contribution is -0.435. The van der Waals surface area contributed by atoms with Crippen molar-refractivity contribution >= 4 is 13.4 Å². The molecule has 1 aliphatic heterocycles. The SMILES string of the molecule is C=C1OC(=O)OC1(C)[B]C(OO)OC(C)(C)OO. The molecule has 0 aromatic carbocycles. The van der Waals surface area contributed by atoms with Crippen LogP contribution in [0.15, 0.2) is 12.3 Å². The van der Waals surface area contributed by atoms with Gasteiger partial charge < -0.3 is 14.2 Å². The van der Waals surface area contributed by atoms with Gasteiger partial charge in [-0.15, -0.1) is 0 Å². The fraction of sp³-hybridized carbons (Fsp3) is 0.667. The van der Waals surface area contributed by atoms with Crippen LogP contribution in [-0.4, -0.2) is 41.4 Å². The maximum absolute atomic E-state index is 10.9. The topological polar surface area (TPSA) is 104 Å². The predicted octanol–water partition coefficient (Wildman–Crippen LogP) is 1.10. The molecule has 18 heavy (non-hydrogen) atoms. The summed E-state index contributed by atoms with van der Waals surface area (Å²) >= 11 is 0. The van der Waals surface area contributed by atoms with Crippen LogP contribution in [-0.2, 0) is 24.0 Å². The Bertz CT molecular complexity index is 343. The zero-order valence-electron chi connectivity index (χ0n) is 10.2. The van der Waals surface area contributed by atoms with Gasteiger partial charge in [0.1, 0.15) is 11.3 Å². The molecule has 1 heterocycles. The van der Waals surface area contributed by atoms with Crippen molar-refractivity contribution in [2.45, 2.75) is 38.2 Å². The van der Waals surface area contributed by atoms with Crippen molar-refractivity contribution in [1.29, 1.82) is 0 Å². The van der Waals surface area contributed by atoms with E-state index in [2.05, 4.69) is 21.1 Å². The number of rotatable bonds is 6. The zero-order chi connectivity index (χ0) is 14.0. The fourth-order valence-corrected chi connectivity index (χ4v) is 1.23. The number of carbonyl (C=O) groups is 1. The highest BCUT2D eigenvalue weighted by atomic mass is 17.2. The lowest BCUT2D eigenvalue weighted by Crippen LogP contribution is -2.46. The third kappa shape index (κ3) is 3.43. The van der Waals surface area contributed by atoms with Crippen LogP contribution in [0.1, 0.15) is 20.8 Å². The summed E-state index contributed by atoms with van der Waals surface area (Å²) in [6, 6.07) is 0. The highest BCUT2D eigenvalue weighted by Crippen LogP contribution is 2.29. The second kappa shape index (κ2) is 5.25. The molecule has 1 fully saturated rings. The van der Waals surface area contributed by atoms with Crippen molar-refractivity contribution in [2.24, 2.45) is 0 Å². The molecule has 2 atom stereocenters. The highest BCUT2D eigenvalue weighted by Gasteiger charge is 2.46. The van der Waals surface area contributed by atoms with E-state index in [1.807, 2.05) is 0 Å². The summed E-state index contributed by atoms with van der Waals surface area (Å²) in [4.78, 5) is 19.0. The minimum absolute atomic E-state index is 0.0147. The maximum atomic E-state index is 10.9. The van der Waals surface area contributed by atoms with Crippen LogP contribution in [0.4, 0.5) is 4.79 Å². The monoisotopic (exact) mass is 261 g/mol. The van der Waals surface area contributed by atoms with Crippen LogP contribution in [0, 0.1) is 0 Å². The van der Waals surface area contributed by atoms with E-state index in [-0.39, 0.29) is 5.76 Å². The van der Waals surface area contributed by atoms with Crippen LogP contribution < -0.4 is 0 Å². The highest BCUT2D eigenvalue weighted by molar-refractivity contribution is 6.42. The van der Waals surface area contributed by atoms with E-state index in [4.69, 9.17) is 20.0 Å². The molecule has 1 radical (unpaired) electrons. The normalized spacial score (nSPS) is 25.6. The number of ether oxygens (including phenoxy) is 3. The molecule has 0 bridgehead atoms. The largest absolute Gasteiger partial charge is 0.513 e. The standard InChI is InChI=1S/C9H14BO8/c1-5-9(4,16-7(11)14-5)10-6(17-12)15-8(2,3)18-13/h6,12-13H,1H2,2-4H3. The lowest BCUT2D eigenvalue weighted by Gasteiger charge is -2.29. The second-order valence-corrected chi connectivity index (χ2v) is 4.23. The van der Waals surface area contributed by atoms with Gasteiger partial charge in [-0.2, -0.15) is 0 Å². The van der Waals surface area contributed by atoms with Crippen LogP contribution >= 0.6 is 0 Å². The summed E-state index contributed by atoms with van der Waals surface area (Å²) in [6.07, 6.45) is -2.27. The molecule has 0 aromatic rings. The Morgan fingerprint density at radius 3 is 2.50 bits per heavy atom. The molecule has 1 saturated heterocycles. The van der Waals surface area contributed by atoms with Crippen molar-refractivity contribution in [3.05, 3.63) is 12.3 Å². The first-order valence-electron chi connectivity index (χ1n) is 4.99. The minimum atomic E-state index is -1.44. The first-order valence-corrected chi connectivity index (χ1v) is 4.99. The predicted molar refractivity (Wildman–Crippen MR) is 57.2 cm³/mol. The molecule has 9 heteroatoms. The summed E-state index contributed by atoms with van der Waals surface area (Å²) < 4.78 is 14.5. The van der Waals surface area contributed by atoms with Gasteiger partial charge in [-0.1, -0.05) is 6.58 Å². The summed E-state index contributed by atoms with van der Waals surface area (Å²) in [5.74, 6) is -1.42. The van der Waals surface area contributed by atoms with Gasteiger partial charge in [0, 0.05) is 0 Å². The Labute approximate surface area is 104 Å². The molecule has 0 aromatic heterocycles. The van der Waals surface area contributed by atoms with Gasteiger partial charge in [0.05, 0.1) is 0 Å². The average molecular weight is 261 g/mol. The van der Waals surface area contributed by atoms with Crippen LogP contribution in [0.5, 0.6) is 0 Å². The van der Waals surface area contributed by atoms with Crippen molar-refractivity contribution < 1.29 is 39.3 Å². The van der Waals surface area contributed by atoms with Gasteiger partial charge in [0.15, 0.2) is 12.0 Å². The zero-order valence-corrected chi connectivity index (χ0v) is 10.2. The van der Waals surface area contributed by atoms with Gasteiger partial charge in [0.25, 0.3) is 7.28 Å². The molecule has 0 saturated carbocycles. The Balaban J connectivity index is 2.69. The van der Waals surface area contributed by atoms with E-state index >= 15 is 0 Å². The van der Waals surface area contributed by atoms with Gasteiger partial charge in [0.2, 0.25) is 0 Å². The summed E-state index contributed by atoms with van der Waals surface area (Å²) in [6.45, 7) is 7.70. The number of hydrogen-bond acceptors (Lipinski definition) is 8. The van der Waals surface area contributed by atoms with Gasteiger partial charge in [-0.05, 0) is 20.8 Å². The molecule has 8 nitrogen and oxygen atoms in total. The molecule has 0 spiro atoms. The average Bonchev–Trinajstić information content (AvgIpc) is 2.51. The Morgan fingerprint density at radius 1 is 1.50 bits per heavy atom. The Morgan fingerprint density at radius 2 is 2.11 bits per heavy atom. The summed E-state index contributed by atoms with van der Waals surface area (Å²) in [7, 11) is 1.18. The van der Waals surface area contributed by atoms with Crippen LogP contribution in [0.3, 0.4) is 0 Å². The molecule has 0 amide bonds. The van der Waals surface area contributed by atoms with E-state index in [1.54, 1.807) is 0 Å². The summed E-state index contributed by atoms with van der Waals surface area (Å²) in [5.41, 5.74) is -1.32. The third-order valence-corrected chi connectivity index (χ3v) is 2.23. The molecule has 2 unspecified atom stereocenters. The third-order valence-electron chi connectivity index (χ3n) is 2.23. The molecular formula is C9H14BO8. The minimum Gasteiger partial charge on any atom is -0.429 e. The van der Waals surface area contributed by atoms with E-state index in [0.29, 0.717) is 0 Å². The molecule has 1 aliphatic rings. The first kappa shape index (κ1) is 14.9. The van der Waals surface area contributed by atoms with Crippen molar-refractivity contribution in [2.75, 3.05) is 0 Å². The number of hydrogen-bond donors (Lipinski definition) is 2. The van der Waals surface area contributed by atoms with Gasteiger partial charge >= 0.3 is 6.16 Å². The van der Waals surface area contributed by atoms with E-state index < -0.39 is 23.6 Å². The maximum Gasteiger partial charge on any atom is 0.513 e. The van der Waals surface area contributed by atoms with Crippen molar-refractivity contribution in [3.8, 4) is 0 Å². The molecule has 1 rings (SSSR count). The van der Waals surface area contributed by atoms with Gasteiger partial charge in [-0.3, -0.25) is 0 Å². The van der Waals surface area contributed by atoms with E-state index in [9.17, 15) is 4.79 Å². The molecule has 2 N–H and O–H groups in total. The summed E-state index contributed by atoms with van der Waals surface area (Å²) in [5, 5.41) is 17.3. The smallest absolute Gasteiger partial charge is 0.429 e. The van der Waals surface area contributed by atoms with Crippen LogP contribution in [0.2, 0.25) is 0 Å². The number of cyclic esters (lactones) is 2. The Kier molecular flexibility index (Phi) is 4.35.